The summed E-state index contributed by atoms with van der Waals surface area (Å²) in [4.78, 5) is 12.9. The third kappa shape index (κ3) is 3.31. The summed E-state index contributed by atoms with van der Waals surface area (Å²) in [5.41, 5.74) is 2.31. The Morgan fingerprint density at radius 3 is 2.21 bits per heavy atom. The lowest BCUT2D eigenvalue weighted by molar-refractivity contribution is 0.0144. The highest BCUT2D eigenvalue weighted by Gasteiger charge is 2.31. The maximum absolute atomic E-state index is 12.9. The maximum atomic E-state index is 12.9. The molecule has 0 spiro atoms. The first-order valence-corrected chi connectivity index (χ1v) is 11.6. The van der Waals surface area contributed by atoms with Gasteiger partial charge in [0.25, 0.3) is 0 Å². The van der Waals surface area contributed by atoms with Crippen LogP contribution < -0.4 is 0 Å². The molecular weight excluding hydrogens is 406 g/mol. The highest BCUT2D eigenvalue weighted by molar-refractivity contribution is 6.23. The topological polar surface area (TPSA) is 50.1 Å². The molecule has 0 heterocycles. The minimum atomic E-state index is -0.311. The molecule has 0 aliphatic heterocycles. The number of rotatable bonds is 3. The van der Waals surface area contributed by atoms with Crippen molar-refractivity contribution in [1.29, 1.82) is 5.26 Å². The average Bonchev–Trinajstić information content (AvgIpc) is 2.87. The van der Waals surface area contributed by atoms with E-state index in [1.807, 2.05) is 0 Å². The number of carbonyl (C=O) groups is 1. The number of hydrogen-bond acceptors (Lipinski definition) is 3. The van der Waals surface area contributed by atoms with Crippen LogP contribution in [0.5, 0.6) is 0 Å². The molecule has 0 radical (unpaired) electrons. The van der Waals surface area contributed by atoms with Gasteiger partial charge >= 0.3 is 5.97 Å². The van der Waals surface area contributed by atoms with Gasteiger partial charge in [0.05, 0.1) is 17.2 Å². The largest absolute Gasteiger partial charge is 0.458 e. The molecule has 6 rings (SSSR count). The predicted molar refractivity (Wildman–Crippen MR) is 132 cm³/mol. The van der Waals surface area contributed by atoms with Crippen molar-refractivity contribution in [2.24, 2.45) is 0 Å². The van der Waals surface area contributed by atoms with Crippen molar-refractivity contribution in [3.8, 4) is 6.07 Å². The van der Waals surface area contributed by atoms with Crippen LogP contribution in [0.2, 0.25) is 0 Å². The standard InChI is InChI=1S/C30H23NO2/c31-18-19-8-10-23(11-9-19)30(32)33-27-7-2-1-6-25(27)24-16-14-22-13-12-20-4-3-5-21-15-17-26(24)29(22)28(20)21/h3-5,8-17,25,27H,1-2,6-7H2/t25-,27+/m1/s1. The molecule has 160 valence electrons. The highest BCUT2D eigenvalue weighted by atomic mass is 16.5. The molecule has 1 fully saturated rings. The van der Waals surface area contributed by atoms with E-state index in [0.29, 0.717) is 11.1 Å². The summed E-state index contributed by atoms with van der Waals surface area (Å²) in [5, 5.41) is 16.7. The van der Waals surface area contributed by atoms with Gasteiger partial charge in [-0.15, -0.1) is 0 Å². The Balaban J connectivity index is 1.41. The summed E-state index contributed by atoms with van der Waals surface area (Å²) in [6.07, 6.45) is 3.93. The summed E-state index contributed by atoms with van der Waals surface area (Å²) in [5.74, 6) is -0.139. The molecule has 1 aliphatic rings. The summed E-state index contributed by atoms with van der Waals surface area (Å²) < 4.78 is 6.09. The van der Waals surface area contributed by atoms with E-state index in [1.54, 1.807) is 24.3 Å². The second-order valence-corrected chi connectivity index (χ2v) is 9.03. The number of esters is 1. The molecule has 5 aromatic carbocycles. The first kappa shape index (κ1) is 19.8. The third-order valence-corrected chi connectivity index (χ3v) is 7.17. The molecule has 1 aliphatic carbocycles. The highest BCUT2D eigenvalue weighted by Crippen LogP contribution is 2.42. The Kier molecular flexibility index (Phi) is 4.73. The van der Waals surface area contributed by atoms with Gasteiger partial charge in [-0.25, -0.2) is 4.79 Å². The van der Waals surface area contributed by atoms with Gasteiger partial charge in [0.1, 0.15) is 6.10 Å². The summed E-state index contributed by atoms with van der Waals surface area (Å²) in [6.45, 7) is 0. The quantitative estimate of drug-likeness (QED) is 0.223. The second kappa shape index (κ2) is 7.90. The van der Waals surface area contributed by atoms with Gasteiger partial charge in [-0.3, -0.25) is 0 Å². The van der Waals surface area contributed by atoms with Crippen LogP contribution in [0.1, 0.15) is 53.1 Å². The minimum Gasteiger partial charge on any atom is -0.458 e. The van der Waals surface area contributed by atoms with Crippen LogP contribution in [0.3, 0.4) is 0 Å². The lowest BCUT2D eigenvalue weighted by Gasteiger charge is -2.32. The van der Waals surface area contributed by atoms with Crippen molar-refractivity contribution in [3.05, 3.63) is 95.6 Å². The van der Waals surface area contributed by atoms with Crippen LogP contribution >= 0.6 is 0 Å². The zero-order chi connectivity index (χ0) is 22.4. The fourth-order valence-corrected chi connectivity index (χ4v) is 5.56. The molecule has 0 saturated heterocycles. The van der Waals surface area contributed by atoms with Crippen molar-refractivity contribution in [2.45, 2.75) is 37.7 Å². The van der Waals surface area contributed by atoms with E-state index in [4.69, 9.17) is 10.00 Å². The van der Waals surface area contributed by atoms with E-state index in [2.05, 4.69) is 60.7 Å². The average molecular weight is 430 g/mol. The summed E-state index contributed by atoms with van der Waals surface area (Å²) in [6, 6.07) is 28.6. The van der Waals surface area contributed by atoms with Crippen molar-refractivity contribution in [3.63, 3.8) is 0 Å². The Morgan fingerprint density at radius 1 is 0.788 bits per heavy atom. The van der Waals surface area contributed by atoms with Crippen LogP contribution in [0.4, 0.5) is 0 Å². The van der Waals surface area contributed by atoms with Gasteiger partial charge in [-0.2, -0.15) is 5.26 Å². The molecule has 2 atom stereocenters. The predicted octanol–water partition coefficient (Wildman–Crippen LogP) is 7.34. The molecule has 0 bridgehead atoms. The van der Waals surface area contributed by atoms with Crippen molar-refractivity contribution < 1.29 is 9.53 Å². The number of nitrogens with zero attached hydrogens (tertiary/aromatic N) is 1. The molecule has 0 unspecified atom stereocenters. The molecule has 5 aromatic rings. The molecule has 3 nitrogen and oxygen atoms in total. The van der Waals surface area contributed by atoms with Crippen LogP contribution in [-0.2, 0) is 4.74 Å². The fraction of sp³-hybridized carbons (Fsp3) is 0.200. The summed E-state index contributed by atoms with van der Waals surface area (Å²) in [7, 11) is 0. The molecule has 0 N–H and O–H groups in total. The van der Waals surface area contributed by atoms with Crippen LogP contribution in [0.15, 0.2) is 78.9 Å². The van der Waals surface area contributed by atoms with E-state index in [0.717, 1.165) is 25.7 Å². The van der Waals surface area contributed by atoms with Crippen molar-refractivity contribution in [1.82, 2.24) is 0 Å². The Morgan fingerprint density at radius 2 is 1.45 bits per heavy atom. The smallest absolute Gasteiger partial charge is 0.338 e. The number of carbonyl (C=O) groups excluding carboxylic acids is 1. The molecule has 1 saturated carbocycles. The van der Waals surface area contributed by atoms with Crippen molar-refractivity contribution in [2.75, 3.05) is 0 Å². The van der Waals surface area contributed by atoms with Gasteiger partial charge < -0.3 is 4.74 Å². The fourth-order valence-electron chi connectivity index (χ4n) is 5.56. The lowest BCUT2D eigenvalue weighted by Crippen LogP contribution is -2.29. The van der Waals surface area contributed by atoms with Gasteiger partial charge in [0.15, 0.2) is 0 Å². The number of ether oxygens (including phenoxy) is 1. The van der Waals surface area contributed by atoms with E-state index in [1.165, 1.54) is 37.9 Å². The van der Waals surface area contributed by atoms with Crippen LogP contribution in [-0.4, -0.2) is 12.1 Å². The molecule has 3 heteroatoms. The number of benzene rings is 5. The van der Waals surface area contributed by atoms with E-state index >= 15 is 0 Å². The van der Waals surface area contributed by atoms with E-state index < -0.39 is 0 Å². The zero-order valence-electron chi connectivity index (χ0n) is 18.3. The Hall–Kier alpha value is -3.90. The lowest BCUT2D eigenvalue weighted by atomic mass is 9.78. The van der Waals surface area contributed by atoms with Gasteiger partial charge in [-0.05, 0) is 81.4 Å². The normalized spacial score (nSPS) is 18.5. The third-order valence-electron chi connectivity index (χ3n) is 7.17. The first-order chi connectivity index (χ1) is 16.2. The molecule has 0 amide bonds. The summed E-state index contributed by atoms with van der Waals surface area (Å²) >= 11 is 0. The number of hydrogen-bond donors (Lipinski definition) is 0. The zero-order valence-corrected chi connectivity index (χ0v) is 18.3. The molecule has 0 aromatic heterocycles. The second-order valence-electron chi connectivity index (χ2n) is 9.03. The molecule has 33 heavy (non-hydrogen) atoms. The van der Waals surface area contributed by atoms with Crippen molar-refractivity contribution >= 4 is 38.3 Å². The van der Waals surface area contributed by atoms with Gasteiger partial charge in [-0.1, -0.05) is 61.0 Å². The molecular formula is C30H23NO2. The Labute approximate surface area is 192 Å². The monoisotopic (exact) mass is 429 g/mol. The maximum Gasteiger partial charge on any atom is 0.338 e. The Bertz CT molecular complexity index is 1510. The van der Waals surface area contributed by atoms with Crippen LogP contribution in [0.25, 0.3) is 32.3 Å². The SMILES string of the molecule is N#Cc1ccc(C(=O)O[C@H]2CCCC[C@@H]2c2ccc3ccc4cccc5ccc2c3c45)cc1. The first-order valence-electron chi connectivity index (χ1n) is 11.6. The van der Waals surface area contributed by atoms with Gasteiger partial charge in [0.2, 0.25) is 0 Å². The van der Waals surface area contributed by atoms with E-state index in [-0.39, 0.29) is 18.0 Å². The van der Waals surface area contributed by atoms with Gasteiger partial charge in [0, 0.05) is 5.92 Å². The van der Waals surface area contributed by atoms with E-state index in [9.17, 15) is 4.79 Å². The van der Waals surface area contributed by atoms with Crippen LogP contribution in [0, 0.1) is 11.3 Å². The minimum absolute atomic E-state index is 0.152. The number of nitriles is 1.